The van der Waals surface area contributed by atoms with Gasteiger partial charge in [-0.15, -0.1) is 11.3 Å². The number of carbonyl (C=O) groups is 1. The molecule has 4 nitrogen and oxygen atoms in total. The first-order valence-electron chi connectivity index (χ1n) is 7.57. The van der Waals surface area contributed by atoms with Gasteiger partial charge in [0.15, 0.2) is 0 Å². The van der Waals surface area contributed by atoms with Gasteiger partial charge in [-0.1, -0.05) is 12.1 Å². The summed E-state index contributed by atoms with van der Waals surface area (Å²) in [5, 5.41) is 13.9. The third kappa shape index (κ3) is 4.57. The molecule has 0 radical (unpaired) electrons. The summed E-state index contributed by atoms with van der Waals surface area (Å²) in [4.78, 5) is 15.5. The van der Waals surface area contributed by atoms with Crippen molar-refractivity contribution >= 4 is 17.4 Å². The van der Waals surface area contributed by atoms with Crippen molar-refractivity contribution in [3.05, 3.63) is 57.3 Å². The summed E-state index contributed by atoms with van der Waals surface area (Å²) in [6.45, 7) is 7.13. The molecular formula is C18H21N3OS. The zero-order valence-corrected chi connectivity index (χ0v) is 14.5. The molecule has 120 valence electrons. The van der Waals surface area contributed by atoms with Gasteiger partial charge < -0.3 is 10.2 Å². The van der Waals surface area contributed by atoms with Gasteiger partial charge in [-0.05, 0) is 55.5 Å². The summed E-state index contributed by atoms with van der Waals surface area (Å²) in [6.07, 6.45) is 0. The van der Waals surface area contributed by atoms with Crippen LogP contribution in [0, 0.1) is 18.3 Å². The molecule has 0 aliphatic carbocycles. The molecule has 1 N–H and O–H groups in total. The predicted octanol–water partition coefficient (Wildman–Crippen LogP) is 4.05. The Morgan fingerprint density at radius 2 is 2.00 bits per heavy atom. The molecule has 0 aliphatic heterocycles. The van der Waals surface area contributed by atoms with Crippen LogP contribution in [0.3, 0.4) is 0 Å². The normalized spacial score (nSPS) is 10.4. The van der Waals surface area contributed by atoms with E-state index in [0.717, 1.165) is 5.56 Å². The van der Waals surface area contributed by atoms with Crippen molar-refractivity contribution in [2.45, 2.75) is 39.9 Å². The van der Waals surface area contributed by atoms with Crippen LogP contribution in [0.25, 0.3) is 0 Å². The third-order valence-corrected chi connectivity index (χ3v) is 4.71. The minimum Gasteiger partial charge on any atom is -0.333 e. The maximum Gasteiger partial charge on any atom is 0.318 e. The third-order valence-electron chi connectivity index (χ3n) is 3.69. The van der Waals surface area contributed by atoms with Gasteiger partial charge in [0.25, 0.3) is 0 Å². The first-order chi connectivity index (χ1) is 11.0. The van der Waals surface area contributed by atoms with Crippen molar-refractivity contribution in [2.75, 3.05) is 0 Å². The Hall–Kier alpha value is -2.32. The van der Waals surface area contributed by atoms with Crippen LogP contribution in [0.2, 0.25) is 0 Å². The lowest BCUT2D eigenvalue weighted by molar-refractivity contribution is 0.179. The number of rotatable bonds is 5. The van der Waals surface area contributed by atoms with E-state index in [1.807, 2.05) is 31.4 Å². The lowest BCUT2D eigenvalue weighted by Crippen LogP contribution is -2.43. The van der Waals surface area contributed by atoms with Crippen LogP contribution < -0.4 is 5.32 Å². The quantitative estimate of drug-likeness (QED) is 0.900. The first kappa shape index (κ1) is 17.0. The van der Waals surface area contributed by atoms with Crippen molar-refractivity contribution in [3.63, 3.8) is 0 Å². The standard InChI is InChI=1S/C18H21N3OS/c1-13(2)21(12-16-6-4-15(10-19)5-7-16)18(22)20-11-17-14(3)8-9-23-17/h4-9,13H,11-12H2,1-3H3,(H,20,22). The van der Waals surface area contributed by atoms with E-state index in [2.05, 4.69) is 24.4 Å². The molecule has 0 unspecified atom stereocenters. The van der Waals surface area contributed by atoms with Gasteiger partial charge in [-0.25, -0.2) is 4.79 Å². The molecule has 0 saturated carbocycles. The zero-order chi connectivity index (χ0) is 16.8. The summed E-state index contributed by atoms with van der Waals surface area (Å²) < 4.78 is 0. The Morgan fingerprint density at radius 1 is 1.30 bits per heavy atom. The first-order valence-corrected chi connectivity index (χ1v) is 8.45. The summed E-state index contributed by atoms with van der Waals surface area (Å²) in [6, 6.07) is 11.5. The number of thiophene rings is 1. The Bertz CT molecular complexity index is 698. The molecule has 23 heavy (non-hydrogen) atoms. The molecule has 0 bridgehead atoms. The SMILES string of the molecule is Cc1ccsc1CNC(=O)N(Cc1ccc(C#N)cc1)C(C)C. The molecule has 0 fully saturated rings. The predicted molar refractivity (Wildman–Crippen MR) is 93.1 cm³/mol. The van der Waals surface area contributed by atoms with E-state index >= 15 is 0 Å². The van der Waals surface area contributed by atoms with Crippen LogP contribution in [0.5, 0.6) is 0 Å². The fraction of sp³-hybridized carbons (Fsp3) is 0.333. The highest BCUT2D eigenvalue weighted by atomic mass is 32.1. The van der Waals surface area contributed by atoms with Crippen molar-refractivity contribution in [3.8, 4) is 6.07 Å². The molecule has 2 aromatic rings. The second-order valence-electron chi connectivity index (χ2n) is 5.72. The van der Waals surface area contributed by atoms with E-state index in [1.165, 1.54) is 10.4 Å². The number of nitrogens with one attached hydrogen (secondary N) is 1. The van der Waals surface area contributed by atoms with Crippen LogP contribution in [0.15, 0.2) is 35.7 Å². The molecule has 1 aromatic heterocycles. The Morgan fingerprint density at radius 3 is 2.52 bits per heavy atom. The maximum absolute atomic E-state index is 12.5. The smallest absolute Gasteiger partial charge is 0.318 e. The molecule has 0 spiro atoms. The van der Waals surface area contributed by atoms with Crippen molar-refractivity contribution in [1.82, 2.24) is 10.2 Å². The molecule has 0 atom stereocenters. The monoisotopic (exact) mass is 327 g/mol. The van der Waals surface area contributed by atoms with E-state index < -0.39 is 0 Å². The highest BCUT2D eigenvalue weighted by molar-refractivity contribution is 7.10. The lowest BCUT2D eigenvalue weighted by atomic mass is 10.1. The van der Waals surface area contributed by atoms with Crippen LogP contribution in [0.4, 0.5) is 4.79 Å². The Kier molecular flexibility index (Phi) is 5.78. The minimum absolute atomic E-state index is 0.0721. The zero-order valence-electron chi connectivity index (χ0n) is 13.7. The second kappa shape index (κ2) is 7.80. The fourth-order valence-corrected chi connectivity index (χ4v) is 3.06. The van der Waals surface area contributed by atoms with E-state index in [1.54, 1.807) is 28.4 Å². The number of nitrogens with zero attached hydrogens (tertiary/aromatic N) is 2. The molecular weight excluding hydrogens is 306 g/mol. The highest BCUT2D eigenvalue weighted by Gasteiger charge is 2.17. The van der Waals surface area contributed by atoms with Gasteiger partial charge in [0.1, 0.15) is 0 Å². The van der Waals surface area contributed by atoms with Crippen LogP contribution in [-0.2, 0) is 13.1 Å². The van der Waals surface area contributed by atoms with Gasteiger partial charge in [0, 0.05) is 17.5 Å². The van der Waals surface area contributed by atoms with Gasteiger partial charge in [-0.3, -0.25) is 0 Å². The summed E-state index contributed by atoms with van der Waals surface area (Å²) >= 11 is 1.66. The van der Waals surface area contributed by atoms with Crippen molar-refractivity contribution in [1.29, 1.82) is 5.26 Å². The molecule has 2 rings (SSSR count). The number of hydrogen-bond acceptors (Lipinski definition) is 3. The van der Waals surface area contributed by atoms with E-state index in [9.17, 15) is 4.79 Å². The summed E-state index contributed by atoms with van der Waals surface area (Å²) in [7, 11) is 0. The number of benzene rings is 1. The van der Waals surface area contributed by atoms with Gasteiger partial charge >= 0.3 is 6.03 Å². The lowest BCUT2D eigenvalue weighted by Gasteiger charge is -2.27. The number of amides is 2. The van der Waals surface area contributed by atoms with Crippen molar-refractivity contribution < 1.29 is 4.79 Å². The van der Waals surface area contributed by atoms with E-state index in [-0.39, 0.29) is 12.1 Å². The highest BCUT2D eigenvalue weighted by Crippen LogP contribution is 2.15. The molecule has 5 heteroatoms. The summed E-state index contributed by atoms with van der Waals surface area (Å²) in [5.74, 6) is 0. The number of aryl methyl sites for hydroxylation is 1. The topological polar surface area (TPSA) is 56.1 Å². The molecule has 0 saturated heterocycles. The fourth-order valence-electron chi connectivity index (χ4n) is 2.21. The van der Waals surface area contributed by atoms with Crippen LogP contribution in [-0.4, -0.2) is 17.0 Å². The number of hydrogen-bond donors (Lipinski definition) is 1. The minimum atomic E-state index is -0.0721. The van der Waals surface area contributed by atoms with Crippen molar-refractivity contribution in [2.24, 2.45) is 0 Å². The number of nitriles is 1. The Labute approximate surface area is 141 Å². The largest absolute Gasteiger partial charge is 0.333 e. The number of carbonyl (C=O) groups excluding carboxylic acids is 1. The molecule has 2 amide bonds. The number of urea groups is 1. The van der Waals surface area contributed by atoms with E-state index in [0.29, 0.717) is 18.7 Å². The second-order valence-corrected chi connectivity index (χ2v) is 6.72. The molecule has 0 aliphatic rings. The Balaban J connectivity index is 2.00. The maximum atomic E-state index is 12.5. The van der Waals surface area contributed by atoms with Crippen LogP contribution >= 0.6 is 11.3 Å². The van der Waals surface area contributed by atoms with E-state index in [4.69, 9.17) is 5.26 Å². The van der Waals surface area contributed by atoms with Gasteiger partial charge in [0.2, 0.25) is 0 Å². The summed E-state index contributed by atoms with van der Waals surface area (Å²) in [5.41, 5.74) is 2.85. The average molecular weight is 327 g/mol. The van der Waals surface area contributed by atoms with Gasteiger partial charge in [0.05, 0.1) is 18.2 Å². The van der Waals surface area contributed by atoms with Crippen LogP contribution in [0.1, 0.15) is 35.4 Å². The molecule has 1 aromatic carbocycles. The molecule has 1 heterocycles. The average Bonchev–Trinajstić information content (AvgIpc) is 2.95. The van der Waals surface area contributed by atoms with Gasteiger partial charge in [-0.2, -0.15) is 5.26 Å².